The maximum absolute atomic E-state index is 13.2. The number of rotatable bonds is 3. The van der Waals surface area contributed by atoms with Gasteiger partial charge in [0.1, 0.15) is 5.82 Å². The second-order valence-corrected chi connectivity index (χ2v) is 4.23. The third kappa shape index (κ3) is 2.25. The summed E-state index contributed by atoms with van der Waals surface area (Å²) >= 11 is 0. The summed E-state index contributed by atoms with van der Waals surface area (Å²) in [6.45, 7) is 0. The molecule has 1 heterocycles. The van der Waals surface area contributed by atoms with Gasteiger partial charge in [0.25, 0.3) is 5.89 Å². The van der Waals surface area contributed by atoms with Crippen LogP contribution >= 0.6 is 0 Å². The van der Waals surface area contributed by atoms with Crippen LogP contribution in [0.3, 0.4) is 0 Å². The first-order valence-electron chi connectivity index (χ1n) is 6.15. The lowest BCUT2D eigenvalue weighted by Crippen LogP contribution is -1.91. The Balaban J connectivity index is 2.02. The van der Waals surface area contributed by atoms with Crippen LogP contribution in [0.25, 0.3) is 22.8 Å². The molecular formula is C15H12FN3O. The minimum Gasteiger partial charge on any atom is -0.387 e. The number of benzene rings is 2. The highest BCUT2D eigenvalue weighted by Gasteiger charge is 2.13. The summed E-state index contributed by atoms with van der Waals surface area (Å²) in [7, 11) is 1.82. The average molecular weight is 269 g/mol. The van der Waals surface area contributed by atoms with Crippen molar-refractivity contribution >= 4 is 5.69 Å². The van der Waals surface area contributed by atoms with Crippen molar-refractivity contribution in [2.45, 2.75) is 0 Å². The topological polar surface area (TPSA) is 51.0 Å². The van der Waals surface area contributed by atoms with E-state index in [-0.39, 0.29) is 5.82 Å². The van der Waals surface area contributed by atoms with E-state index in [4.69, 9.17) is 4.52 Å². The van der Waals surface area contributed by atoms with Gasteiger partial charge in [-0.25, -0.2) is 4.39 Å². The van der Waals surface area contributed by atoms with Gasteiger partial charge in [0.15, 0.2) is 0 Å². The number of hydrogen-bond acceptors (Lipinski definition) is 4. The number of nitrogens with one attached hydrogen (secondary N) is 1. The third-order valence-electron chi connectivity index (χ3n) is 2.94. The van der Waals surface area contributed by atoms with Crippen LogP contribution in [0.5, 0.6) is 0 Å². The van der Waals surface area contributed by atoms with Crippen LogP contribution in [-0.2, 0) is 0 Å². The maximum Gasteiger partial charge on any atom is 0.260 e. The normalized spacial score (nSPS) is 10.5. The summed E-state index contributed by atoms with van der Waals surface area (Å²) < 4.78 is 18.5. The largest absolute Gasteiger partial charge is 0.387 e. The Labute approximate surface area is 115 Å². The van der Waals surface area contributed by atoms with E-state index in [0.29, 0.717) is 17.3 Å². The molecule has 0 aliphatic carbocycles. The molecule has 0 bridgehead atoms. The Morgan fingerprint density at radius 3 is 2.75 bits per heavy atom. The highest BCUT2D eigenvalue weighted by Crippen LogP contribution is 2.28. The number of aromatic nitrogens is 2. The summed E-state index contributed by atoms with van der Waals surface area (Å²) in [5, 5.41) is 6.96. The Morgan fingerprint density at radius 2 is 1.95 bits per heavy atom. The van der Waals surface area contributed by atoms with Crippen LogP contribution in [0.2, 0.25) is 0 Å². The van der Waals surface area contributed by atoms with Crippen LogP contribution in [0.15, 0.2) is 53.1 Å². The number of hydrogen-bond donors (Lipinski definition) is 1. The smallest absolute Gasteiger partial charge is 0.260 e. The molecule has 100 valence electrons. The van der Waals surface area contributed by atoms with Crippen molar-refractivity contribution < 1.29 is 8.91 Å². The summed E-state index contributed by atoms with van der Waals surface area (Å²) in [6.07, 6.45) is 0. The maximum atomic E-state index is 13.2. The fourth-order valence-electron chi connectivity index (χ4n) is 1.97. The molecule has 0 unspecified atom stereocenters. The van der Waals surface area contributed by atoms with Gasteiger partial charge in [-0.2, -0.15) is 4.98 Å². The van der Waals surface area contributed by atoms with Gasteiger partial charge in [-0.1, -0.05) is 29.4 Å². The first-order chi connectivity index (χ1) is 9.78. The molecule has 3 aromatic rings. The first-order valence-corrected chi connectivity index (χ1v) is 6.15. The Morgan fingerprint density at radius 1 is 1.10 bits per heavy atom. The Bertz CT molecular complexity index is 739. The average Bonchev–Trinajstić information content (AvgIpc) is 2.97. The minimum absolute atomic E-state index is 0.329. The highest BCUT2D eigenvalue weighted by molar-refractivity contribution is 5.73. The second-order valence-electron chi connectivity index (χ2n) is 4.23. The lowest BCUT2D eigenvalue weighted by molar-refractivity contribution is 0.432. The SMILES string of the molecule is CNc1ccccc1-c1nc(-c2cccc(F)c2)no1. The predicted octanol–water partition coefficient (Wildman–Crippen LogP) is 3.58. The van der Waals surface area contributed by atoms with Gasteiger partial charge in [-0.15, -0.1) is 0 Å². The van der Waals surface area contributed by atoms with E-state index < -0.39 is 0 Å². The number of nitrogens with zero attached hydrogens (tertiary/aromatic N) is 2. The zero-order chi connectivity index (χ0) is 13.9. The third-order valence-corrected chi connectivity index (χ3v) is 2.94. The fraction of sp³-hybridized carbons (Fsp3) is 0.0667. The van der Waals surface area contributed by atoms with Crippen molar-refractivity contribution in [3.8, 4) is 22.8 Å². The van der Waals surface area contributed by atoms with Gasteiger partial charge in [0.2, 0.25) is 5.82 Å². The molecule has 0 atom stereocenters. The molecule has 0 spiro atoms. The molecule has 4 nitrogen and oxygen atoms in total. The van der Waals surface area contributed by atoms with Gasteiger partial charge in [-0.05, 0) is 24.3 Å². The highest BCUT2D eigenvalue weighted by atomic mass is 19.1. The molecule has 20 heavy (non-hydrogen) atoms. The zero-order valence-corrected chi connectivity index (χ0v) is 10.8. The minimum atomic E-state index is -0.329. The van der Waals surface area contributed by atoms with Gasteiger partial charge < -0.3 is 9.84 Å². The molecular weight excluding hydrogens is 257 g/mol. The summed E-state index contributed by atoms with van der Waals surface area (Å²) in [4.78, 5) is 4.32. The zero-order valence-electron chi connectivity index (χ0n) is 10.8. The Kier molecular flexibility index (Phi) is 3.16. The van der Waals surface area contributed by atoms with E-state index >= 15 is 0 Å². The van der Waals surface area contributed by atoms with E-state index in [0.717, 1.165) is 11.3 Å². The molecule has 5 heteroatoms. The molecule has 1 N–H and O–H groups in total. The quantitative estimate of drug-likeness (QED) is 0.789. The van der Waals surface area contributed by atoms with E-state index in [2.05, 4.69) is 15.5 Å². The molecule has 2 aromatic carbocycles. The number of halogens is 1. The lowest BCUT2D eigenvalue weighted by Gasteiger charge is -2.03. The monoisotopic (exact) mass is 269 g/mol. The van der Waals surface area contributed by atoms with Gasteiger partial charge >= 0.3 is 0 Å². The summed E-state index contributed by atoms with van der Waals surface area (Å²) in [6, 6.07) is 13.7. The fourth-order valence-corrected chi connectivity index (χ4v) is 1.97. The summed E-state index contributed by atoms with van der Waals surface area (Å²) in [5.41, 5.74) is 2.29. The molecule has 1 aromatic heterocycles. The van der Waals surface area contributed by atoms with Crippen LogP contribution in [-0.4, -0.2) is 17.2 Å². The van der Waals surface area contributed by atoms with Gasteiger partial charge in [0, 0.05) is 18.3 Å². The van der Waals surface area contributed by atoms with Crippen LogP contribution in [0, 0.1) is 5.82 Å². The van der Waals surface area contributed by atoms with Crippen molar-refractivity contribution in [1.29, 1.82) is 0 Å². The van der Waals surface area contributed by atoms with Crippen LogP contribution in [0.4, 0.5) is 10.1 Å². The number of anilines is 1. The standard InChI is InChI=1S/C15H12FN3O/c1-17-13-8-3-2-7-12(13)15-18-14(19-20-15)10-5-4-6-11(16)9-10/h2-9,17H,1H3. The van der Waals surface area contributed by atoms with E-state index in [1.54, 1.807) is 12.1 Å². The number of para-hydroxylation sites is 1. The van der Waals surface area contributed by atoms with Crippen molar-refractivity contribution in [3.05, 3.63) is 54.3 Å². The van der Waals surface area contributed by atoms with Crippen molar-refractivity contribution in [1.82, 2.24) is 10.1 Å². The molecule has 0 aliphatic rings. The van der Waals surface area contributed by atoms with Gasteiger partial charge in [-0.3, -0.25) is 0 Å². The molecule has 0 amide bonds. The van der Waals surface area contributed by atoms with Crippen LogP contribution in [0.1, 0.15) is 0 Å². The predicted molar refractivity (Wildman–Crippen MR) is 74.7 cm³/mol. The molecule has 0 fully saturated rings. The van der Waals surface area contributed by atoms with Crippen molar-refractivity contribution in [2.75, 3.05) is 12.4 Å². The lowest BCUT2D eigenvalue weighted by atomic mass is 10.1. The molecule has 0 radical (unpaired) electrons. The second kappa shape index (κ2) is 5.13. The van der Waals surface area contributed by atoms with E-state index in [1.807, 2.05) is 31.3 Å². The van der Waals surface area contributed by atoms with E-state index in [9.17, 15) is 4.39 Å². The molecule has 0 aliphatic heterocycles. The Hall–Kier alpha value is -2.69. The van der Waals surface area contributed by atoms with E-state index in [1.165, 1.54) is 12.1 Å². The van der Waals surface area contributed by atoms with Crippen molar-refractivity contribution in [2.24, 2.45) is 0 Å². The molecule has 0 saturated carbocycles. The van der Waals surface area contributed by atoms with Crippen LogP contribution < -0.4 is 5.32 Å². The summed E-state index contributed by atoms with van der Waals surface area (Å²) in [5.74, 6) is 0.434. The molecule has 0 saturated heterocycles. The molecule has 3 rings (SSSR count). The first kappa shape index (κ1) is 12.3. The van der Waals surface area contributed by atoms with Crippen molar-refractivity contribution in [3.63, 3.8) is 0 Å². The van der Waals surface area contributed by atoms with Gasteiger partial charge in [0.05, 0.1) is 5.56 Å².